The van der Waals surface area contributed by atoms with Gasteiger partial charge in [0.05, 0.1) is 6.61 Å². The van der Waals surface area contributed by atoms with Gasteiger partial charge in [-0.2, -0.15) is 0 Å². The van der Waals surface area contributed by atoms with E-state index in [-0.39, 0.29) is 36.0 Å². The van der Waals surface area contributed by atoms with E-state index < -0.39 is 0 Å². The summed E-state index contributed by atoms with van der Waals surface area (Å²) in [6.07, 6.45) is 3.85. The van der Waals surface area contributed by atoms with Gasteiger partial charge in [-0.05, 0) is 83.8 Å². The van der Waals surface area contributed by atoms with Crippen molar-refractivity contribution in [3.8, 4) is 11.1 Å². The zero-order valence-electron chi connectivity index (χ0n) is 25.6. The average Bonchev–Trinajstić information content (AvgIpc) is 3.01. The lowest BCUT2D eigenvalue weighted by Crippen LogP contribution is -2.22. The second kappa shape index (κ2) is 15.9. The van der Waals surface area contributed by atoms with Gasteiger partial charge in [0, 0.05) is 56.8 Å². The Kier molecular flexibility index (Phi) is 12.3. The summed E-state index contributed by atoms with van der Waals surface area (Å²) in [5.41, 5.74) is 6.16. The van der Waals surface area contributed by atoms with E-state index in [2.05, 4.69) is 30.5 Å². The summed E-state index contributed by atoms with van der Waals surface area (Å²) in [6.45, 7) is 4.63. The number of anilines is 1. The van der Waals surface area contributed by atoms with Crippen LogP contribution in [0.3, 0.4) is 0 Å². The predicted molar refractivity (Wildman–Crippen MR) is 170 cm³/mol. The molecule has 3 rings (SSSR count). The number of aliphatic hydroxyl groups excluding tert-OH is 1. The highest BCUT2D eigenvalue weighted by molar-refractivity contribution is 5.95. The second-order valence-electron chi connectivity index (χ2n) is 11.0. The Morgan fingerprint density at radius 1 is 0.881 bits per heavy atom. The Labute approximate surface area is 250 Å². The van der Waals surface area contributed by atoms with Crippen LogP contribution in [0.1, 0.15) is 77.3 Å². The number of rotatable bonds is 15. The number of carbonyl (C=O) groups excluding carboxylic acids is 3. The average molecular weight is 572 g/mol. The molecule has 0 spiro atoms. The highest BCUT2D eigenvalue weighted by Crippen LogP contribution is 2.37. The predicted octanol–water partition coefficient (Wildman–Crippen LogP) is 5.93. The molecule has 3 aromatic rings. The first-order chi connectivity index (χ1) is 20.2. The minimum Gasteiger partial charge on any atom is -0.395 e. The molecule has 2 amide bonds. The second-order valence-corrected chi connectivity index (χ2v) is 11.0. The van der Waals surface area contributed by atoms with E-state index in [1.807, 2.05) is 60.7 Å². The number of hydrogen-bond donors (Lipinski definition) is 3. The van der Waals surface area contributed by atoms with Gasteiger partial charge in [0.25, 0.3) is 11.8 Å². The van der Waals surface area contributed by atoms with Crippen LogP contribution in [0.4, 0.5) is 5.69 Å². The fourth-order valence-corrected chi connectivity index (χ4v) is 5.20. The minimum atomic E-state index is -0.280. The minimum absolute atomic E-state index is 0.00536. The van der Waals surface area contributed by atoms with Crippen molar-refractivity contribution in [1.82, 2.24) is 10.2 Å². The molecule has 0 saturated carbocycles. The van der Waals surface area contributed by atoms with Gasteiger partial charge in [-0.1, -0.05) is 50.6 Å². The van der Waals surface area contributed by atoms with Gasteiger partial charge < -0.3 is 20.6 Å². The van der Waals surface area contributed by atoms with E-state index in [1.54, 1.807) is 26.0 Å². The first-order valence-electron chi connectivity index (χ1n) is 14.8. The van der Waals surface area contributed by atoms with Crippen LogP contribution >= 0.6 is 0 Å². The molecule has 2 unspecified atom stereocenters. The highest BCUT2D eigenvalue weighted by atomic mass is 16.3. The SMILES string of the molecule is CCC(C)C(C(=O)CCCCc1ccc(C(=O)NC)cc1)c1cc(-c2ccc(C(=O)N(C)C)cc2)ccc1NCCO. The van der Waals surface area contributed by atoms with Crippen molar-refractivity contribution < 1.29 is 19.5 Å². The summed E-state index contributed by atoms with van der Waals surface area (Å²) in [7, 11) is 5.09. The Balaban J connectivity index is 1.80. The Hall–Kier alpha value is -3.97. The molecule has 0 bridgehead atoms. The zero-order valence-corrected chi connectivity index (χ0v) is 25.6. The van der Waals surface area contributed by atoms with Crippen LogP contribution < -0.4 is 10.6 Å². The molecule has 0 radical (unpaired) electrons. The molecule has 0 fully saturated rings. The zero-order chi connectivity index (χ0) is 30.6. The number of hydrogen-bond acceptors (Lipinski definition) is 5. The number of ketones is 1. The number of amides is 2. The topological polar surface area (TPSA) is 98.7 Å². The fraction of sp³-hybridized carbons (Fsp3) is 0.400. The first-order valence-corrected chi connectivity index (χ1v) is 14.8. The van der Waals surface area contributed by atoms with Crippen LogP contribution in [0.25, 0.3) is 11.1 Å². The molecule has 0 aliphatic heterocycles. The molecule has 2 atom stereocenters. The molecule has 7 nitrogen and oxygen atoms in total. The van der Waals surface area contributed by atoms with Crippen LogP contribution in [0, 0.1) is 5.92 Å². The van der Waals surface area contributed by atoms with Crippen molar-refractivity contribution in [3.63, 3.8) is 0 Å². The number of nitrogens with one attached hydrogen (secondary N) is 2. The van der Waals surface area contributed by atoms with Crippen molar-refractivity contribution in [2.75, 3.05) is 39.6 Å². The number of benzene rings is 3. The van der Waals surface area contributed by atoms with Gasteiger partial charge in [0.2, 0.25) is 0 Å². The van der Waals surface area contributed by atoms with Gasteiger partial charge in [-0.25, -0.2) is 0 Å². The molecule has 7 heteroatoms. The van der Waals surface area contributed by atoms with Gasteiger partial charge in [0.15, 0.2) is 0 Å². The van der Waals surface area contributed by atoms with Crippen molar-refractivity contribution >= 4 is 23.3 Å². The molecule has 3 aromatic carbocycles. The largest absolute Gasteiger partial charge is 0.395 e. The molecule has 0 aliphatic carbocycles. The third-order valence-electron chi connectivity index (χ3n) is 7.83. The smallest absolute Gasteiger partial charge is 0.253 e. The lowest BCUT2D eigenvalue weighted by Gasteiger charge is -2.26. The summed E-state index contributed by atoms with van der Waals surface area (Å²) in [6, 6.07) is 21.3. The van der Waals surface area contributed by atoms with Gasteiger partial charge in [-0.15, -0.1) is 0 Å². The van der Waals surface area contributed by atoms with E-state index in [9.17, 15) is 19.5 Å². The lowest BCUT2D eigenvalue weighted by molar-refractivity contribution is -0.121. The van der Waals surface area contributed by atoms with Crippen molar-refractivity contribution in [2.45, 2.75) is 51.9 Å². The van der Waals surface area contributed by atoms with Gasteiger partial charge in [-0.3, -0.25) is 14.4 Å². The maximum atomic E-state index is 13.8. The van der Waals surface area contributed by atoms with Crippen molar-refractivity contribution in [1.29, 1.82) is 0 Å². The third kappa shape index (κ3) is 8.52. The maximum absolute atomic E-state index is 13.8. The summed E-state index contributed by atoms with van der Waals surface area (Å²) in [5.74, 6) is -0.0708. The van der Waals surface area contributed by atoms with Gasteiger partial charge in [0.1, 0.15) is 5.78 Å². The standard InChI is InChI=1S/C35H45N3O4/c1-6-24(2)33(32(40)10-8-7-9-25-11-13-27(14-12-25)34(41)36-3)30-23-29(19-20-31(30)37-21-22-39)26-15-17-28(18-16-26)35(42)38(4)5/h11-20,23-24,33,37,39H,6-10,21-22H2,1-5H3,(H,36,41). The van der Waals surface area contributed by atoms with E-state index >= 15 is 0 Å². The fourth-order valence-electron chi connectivity index (χ4n) is 5.20. The summed E-state index contributed by atoms with van der Waals surface area (Å²) in [4.78, 5) is 39.5. The number of aliphatic hydroxyl groups is 1. The molecule has 3 N–H and O–H groups in total. The van der Waals surface area contributed by atoms with E-state index in [0.29, 0.717) is 24.1 Å². The Bertz CT molecular complexity index is 1330. The van der Waals surface area contributed by atoms with E-state index in [4.69, 9.17) is 0 Å². The maximum Gasteiger partial charge on any atom is 0.253 e. The van der Waals surface area contributed by atoms with E-state index in [0.717, 1.165) is 53.6 Å². The van der Waals surface area contributed by atoms with Crippen molar-refractivity contribution in [3.05, 3.63) is 89.0 Å². The normalized spacial score (nSPS) is 12.3. The van der Waals surface area contributed by atoms with Crippen LogP contribution in [-0.4, -0.2) is 61.9 Å². The molecule has 42 heavy (non-hydrogen) atoms. The molecule has 0 heterocycles. The molecular weight excluding hydrogens is 526 g/mol. The molecule has 0 aromatic heterocycles. The monoisotopic (exact) mass is 571 g/mol. The van der Waals surface area contributed by atoms with Crippen LogP contribution in [-0.2, 0) is 11.2 Å². The third-order valence-corrected chi connectivity index (χ3v) is 7.83. The number of unbranched alkanes of at least 4 members (excludes halogenated alkanes) is 1. The number of aryl methyl sites for hydroxylation is 1. The number of carbonyl (C=O) groups is 3. The van der Waals surface area contributed by atoms with Crippen molar-refractivity contribution in [2.24, 2.45) is 5.92 Å². The van der Waals surface area contributed by atoms with Gasteiger partial charge >= 0.3 is 0 Å². The molecule has 224 valence electrons. The lowest BCUT2D eigenvalue weighted by atomic mass is 9.79. The highest BCUT2D eigenvalue weighted by Gasteiger charge is 2.28. The molecular formula is C35H45N3O4. The Morgan fingerprint density at radius 3 is 2.12 bits per heavy atom. The van der Waals surface area contributed by atoms with Crippen LogP contribution in [0.5, 0.6) is 0 Å². The molecule has 0 saturated heterocycles. The quantitative estimate of drug-likeness (QED) is 0.196. The summed E-state index contributed by atoms with van der Waals surface area (Å²) < 4.78 is 0. The number of nitrogens with zero attached hydrogens (tertiary/aromatic N) is 1. The molecule has 0 aliphatic rings. The van der Waals surface area contributed by atoms with Crippen LogP contribution in [0.15, 0.2) is 66.7 Å². The Morgan fingerprint density at radius 2 is 1.52 bits per heavy atom. The van der Waals surface area contributed by atoms with E-state index in [1.165, 1.54) is 0 Å². The van der Waals surface area contributed by atoms with Crippen LogP contribution in [0.2, 0.25) is 0 Å². The number of Topliss-reactive ketones (excluding diaryl/α,β-unsaturated/α-hetero) is 1. The first kappa shape index (κ1) is 32.5. The summed E-state index contributed by atoms with van der Waals surface area (Å²) in [5, 5.41) is 15.4. The summed E-state index contributed by atoms with van der Waals surface area (Å²) >= 11 is 0.